The number of hydrogen-bond acceptors (Lipinski definition) is 6. The van der Waals surface area contributed by atoms with Crippen LogP contribution in [-0.4, -0.2) is 41.7 Å². The lowest BCUT2D eigenvalue weighted by atomic mass is 9.86. The molecule has 0 aliphatic carbocycles. The third-order valence-corrected chi connectivity index (χ3v) is 5.63. The number of oxime groups is 1. The van der Waals surface area contributed by atoms with Gasteiger partial charge in [-0.15, -0.1) is 5.06 Å². The summed E-state index contributed by atoms with van der Waals surface area (Å²) >= 11 is 11.3. The number of nitrogens with one attached hydrogen (secondary N) is 1. The highest BCUT2D eigenvalue weighted by molar-refractivity contribution is 7.80. The molecule has 1 fully saturated rings. The number of nitrogens with zero attached hydrogens (tertiary/aromatic N) is 2. The Hall–Kier alpha value is -2.35. The summed E-state index contributed by atoms with van der Waals surface area (Å²) in [7, 11) is 1.62. The van der Waals surface area contributed by atoms with E-state index < -0.39 is 0 Å². The average molecular weight is 432 g/mol. The van der Waals surface area contributed by atoms with Crippen molar-refractivity contribution in [1.29, 1.82) is 0 Å². The van der Waals surface area contributed by atoms with Crippen molar-refractivity contribution < 1.29 is 14.4 Å². The van der Waals surface area contributed by atoms with Crippen molar-refractivity contribution >= 4 is 40.4 Å². The minimum absolute atomic E-state index is 0.271. The first-order valence-electron chi connectivity index (χ1n) is 9.45. The van der Waals surface area contributed by atoms with Crippen molar-refractivity contribution in [2.24, 2.45) is 5.16 Å². The molecule has 0 saturated carbocycles. The fourth-order valence-electron chi connectivity index (χ4n) is 3.57. The van der Waals surface area contributed by atoms with Gasteiger partial charge >= 0.3 is 0 Å². The first kappa shape index (κ1) is 19.9. The molecule has 2 heterocycles. The maximum Gasteiger partial charge on any atom is 0.283 e. The predicted octanol–water partition coefficient (Wildman–Crippen LogP) is 4.64. The van der Waals surface area contributed by atoms with Crippen molar-refractivity contribution in [3.05, 3.63) is 59.1 Å². The lowest BCUT2D eigenvalue weighted by molar-refractivity contribution is -0.143. The van der Waals surface area contributed by atoms with Crippen LogP contribution >= 0.6 is 23.8 Å². The van der Waals surface area contributed by atoms with Crippen LogP contribution in [0.2, 0.25) is 5.02 Å². The zero-order valence-electron chi connectivity index (χ0n) is 16.1. The van der Waals surface area contributed by atoms with E-state index in [1.54, 1.807) is 7.11 Å². The topological polar surface area (TPSA) is 55.3 Å². The van der Waals surface area contributed by atoms with Crippen LogP contribution in [0.15, 0.2) is 53.7 Å². The summed E-state index contributed by atoms with van der Waals surface area (Å²) < 4.78 is 5.32. The molecule has 29 heavy (non-hydrogen) atoms. The minimum atomic E-state index is -0.271. The third-order valence-electron chi connectivity index (χ3n) is 5.21. The van der Waals surface area contributed by atoms with E-state index in [4.69, 9.17) is 38.2 Å². The zero-order valence-corrected chi connectivity index (χ0v) is 17.6. The number of hydroxylamine groups is 2. The molecule has 1 spiro atoms. The van der Waals surface area contributed by atoms with Crippen LogP contribution < -0.4 is 10.1 Å². The molecular formula is C21H22ClN3O3S. The van der Waals surface area contributed by atoms with E-state index in [0.29, 0.717) is 23.9 Å². The second kappa shape index (κ2) is 8.57. The van der Waals surface area contributed by atoms with E-state index in [-0.39, 0.29) is 10.8 Å². The highest BCUT2D eigenvalue weighted by Crippen LogP contribution is 2.36. The quantitative estimate of drug-likeness (QED) is 0.712. The van der Waals surface area contributed by atoms with E-state index in [2.05, 4.69) is 10.5 Å². The van der Waals surface area contributed by atoms with Crippen LogP contribution in [0.25, 0.3) is 0 Å². The van der Waals surface area contributed by atoms with E-state index in [1.807, 2.05) is 53.6 Å². The molecule has 0 amide bonds. The van der Waals surface area contributed by atoms with Crippen molar-refractivity contribution in [2.75, 3.05) is 25.5 Å². The maximum absolute atomic E-state index is 5.97. The first-order valence-corrected chi connectivity index (χ1v) is 10.2. The largest absolute Gasteiger partial charge is 0.495 e. The minimum Gasteiger partial charge on any atom is -0.495 e. The van der Waals surface area contributed by atoms with Crippen LogP contribution in [0.1, 0.15) is 24.8 Å². The normalized spacial score (nSPS) is 18.1. The molecule has 2 aromatic rings. The van der Waals surface area contributed by atoms with Gasteiger partial charge in [0.2, 0.25) is 0 Å². The van der Waals surface area contributed by atoms with Gasteiger partial charge in [-0.25, -0.2) is 0 Å². The van der Waals surface area contributed by atoms with Crippen molar-refractivity contribution in [1.82, 2.24) is 5.06 Å². The molecule has 1 saturated heterocycles. The van der Waals surface area contributed by atoms with E-state index >= 15 is 0 Å². The fraction of sp³-hybridized carbons (Fsp3) is 0.333. The Morgan fingerprint density at radius 2 is 1.90 bits per heavy atom. The number of methoxy groups -OCH3 is 1. The van der Waals surface area contributed by atoms with Gasteiger partial charge in [0, 0.05) is 37.4 Å². The average Bonchev–Trinajstić information content (AvgIpc) is 3.14. The second-order valence-corrected chi connectivity index (χ2v) is 7.94. The molecule has 0 aromatic heterocycles. The van der Waals surface area contributed by atoms with E-state index in [0.717, 1.165) is 36.2 Å². The molecule has 1 N–H and O–H groups in total. The van der Waals surface area contributed by atoms with Crippen LogP contribution in [0.3, 0.4) is 0 Å². The molecule has 6 nitrogen and oxygen atoms in total. The molecule has 0 unspecified atom stereocenters. The van der Waals surface area contributed by atoms with Gasteiger partial charge in [0.25, 0.3) is 5.17 Å². The summed E-state index contributed by atoms with van der Waals surface area (Å²) in [5.74, 6) is 0.710. The van der Waals surface area contributed by atoms with Crippen LogP contribution in [0, 0.1) is 0 Å². The highest BCUT2D eigenvalue weighted by atomic mass is 35.5. The van der Waals surface area contributed by atoms with Gasteiger partial charge in [-0.05, 0) is 42.0 Å². The number of hydrogen-bond donors (Lipinski definition) is 1. The maximum atomic E-state index is 5.97. The molecule has 0 bridgehead atoms. The number of para-hydroxylation sites is 2. The molecule has 4 rings (SSSR count). The summed E-state index contributed by atoms with van der Waals surface area (Å²) in [6.07, 6.45) is 2.40. The summed E-state index contributed by atoms with van der Waals surface area (Å²) in [6.45, 7) is 1.41. The smallest absolute Gasteiger partial charge is 0.283 e. The van der Waals surface area contributed by atoms with Crippen LogP contribution in [-0.2, 0) is 9.68 Å². The number of piperidine rings is 1. The van der Waals surface area contributed by atoms with Gasteiger partial charge in [0.15, 0.2) is 0 Å². The Labute approximate surface area is 180 Å². The Kier molecular flexibility index (Phi) is 5.89. The molecule has 2 aliphatic heterocycles. The zero-order chi connectivity index (χ0) is 20.3. The van der Waals surface area contributed by atoms with Crippen molar-refractivity contribution in [3.63, 3.8) is 0 Å². The fourth-order valence-corrected chi connectivity index (χ4v) is 3.91. The molecule has 2 aromatic carbocycles. The highest BCUT2D eigenvalue weighted by Gasteiger charge is 2.43. The Balaban J connectivity index is 1.29. The first-order chi connectivity index (χ1) is 14.1. The lowest BCUT2D eigenvalue weighted by Gasteiger charge is -2.36. The van der Waals surface area contributed by atoms with E-state index in [1.165, 1.54) is 0 Å². The SMILES string of the molecule is COc1ccccc1NC(=S)ON1CCC2(CC1)CC(c1ccc(Cl)cc1)=NO2. The number of anilines is 1. The molecule has 152 valence electrons. The predicted molar refractivity (Wildman–Crippen MR) is 118 cm³/mol. The molecular weight excluding hydrogens is 410 g/mol. The third kappa shape index (κ3) is 4.63. The number of ether oxygens (including phenoxy) is 1. The van der Waals surface area contributed by atoms with Crippen molar-refractivity contribution in [2.45, 2.75) is 24.9 Å². The summed E-state index contributed by atoms with van der Waals surface area (Å²) in [6, 6.07) is 15.3. The monoisotopic (exact) mass is 431 g/mol. The van der Waals surface area contributed by atoms with Crippen LogP contribution in [0.5, 0.6) is 5.75 Å². The number of rotatable bonds is 4. The van der Waals surface area contributed by atoms with Crippen molar-refractivity contribution in [3.8, 4) is 5.75 Å². The molecule has 2 aliphatic rings. The van der Waals surface area contributed by atoms with Gasteiger partial charge in [0.05, 0.1) is 18.5 Å². The van der Waals surface area contributed by atoms with Gasteiger partial charge in [-0.2, -0.15) is 0 Å². The number of halogens is 1. The molecule has 0 radical (unpaired) electrons. The standard InChI is InChI=1S/C21H22ClN3O3S/c1-26-19-5-3-2-4-17(19)23-20(29)27-25-12-10-21(11-13-25)14-18(24-28-21)15-6-8-16(22)9-7-15/h2-9H,10-14H2,1H3,(H,23,29). The summed E-state index contributed by atoms with van der Waals surface area (Å²) in [5, 5.41) is 10.3. The van der Waals surface area contributed by atoms with Gasteiger partial charge < -0.3 is 19.7 Å². The molecule has 8 heteroatoms. The Morgan fingerprint density at radius 3 is 2.62 bits per heavy atom. The summed E-state index contributed by atoms with van der Waals surface area (Å²) in [5.41, 5.74) is 2.51. The number of benzene rings is 2. The Bertz CT molecular complexity index is 912. The number of thiocarbonyl (C=S) groups is 1. The van der Waals surface area contributed by atoms with Gasteiger partial charge in [0.1, 0.15) is 11.4 Å². The van der Waals surface area contributed by atoms with Crippen LogP contribution in [0.4, 0.5) is 5.69 Å². The summed E-state index contributed by atoms with van der Waals surface area (Å²) in [4.78, 5) is 11.7. The second-order valence-electron chi connectivity index (χ2n) is 7.13. The van der Waals surface area contributed by atoms with Gasteiger partial charge in [-0.3, -0.25) is 0 Å². The lowest BCUT2D eigenvalue weighted by Crippen LogP contribution is -2.45. The van der Waals surface area contributed by atoms with E-state index in [9.17, 15) is 0 Å². The Morgan fingerprint density at radius 1 is 1.17 bits per heavy atom. The van der Waals surface area contributed by atoms with Gasteiger partial charge in [-0.1, -0.05) is 41.0 Å². The molecule has 0 atom stereocenters.